The summed E-state index contributed by atoms with van der Waals surface area (Å²) >= 11 is 0. The van der Waals surface area contributed by atoms with E-state index in [1.165, 1.54) is 12.4 Å². The Morgan fingerprint density at radius 1 is 1.31 bits per heavy atom. The molecule has 0 aromatic carbocycles. The average molecular weight is 396 g/mol. The molecule has 0 amide bonds. The van der Waals surface area contributed by atoms with E-state index in [0.29, 0.717) is 29.3 Å². The maximum absolute atomic E-state index is 7.56. The van der Waals surface area contributed by atoms with Crippen LogP contribution in [0.15, 0.2) is 54.3 Å². The van der Waals surface area contributed by atoms with Crippen molar-refractivity contribution in [2.24, 2.45) is 16.9 Å². The van der Waals surface area contributed by atoms with E-state index in [1.54, 1.807) is 32.6 Å². The molecule has 0 saturated carbocycles. The van der Waals surface area contributed by atoms with Crippen LogP contribution in [-0.2, 0) is 4.74 Å². The maximum Gasteiger partial charge on any atom is 0.132 e. The Bertz CT molecular complexity index is 961. The van der Waals surface area contributed by atoms with Gasteiger partial charge in [0.25, 0.3) is 0 Å². The summed E-state index contributed by atoms with van der Waals surface area (Å²) in [6.07, 6.45) is 8.04. The van der Waals surface area contributed by atoms with Crippen LogP contribution in [0.5, 0.6) is 0 Å². The van der Waals surface area contributed by atoms with Gasteiger partial charge in [-0.1, -0.05) is 13.8 Å². The Hall–Kier alpha value is -3.39. The van der Waals surface area contributed by atoms with E-state index in [1.807, 2.05) is 32.0 Å². The number of ether oxygens (including phenoxy) is 1. The van der Waals surface area contributed by atoms with Gasteiger partial charge in [0.05, 0.1) is 17.6 Å². The van der Waals surface area contributed by atoms with Crippen LogP contribution in [0, 0.1) is 10.8 Å². The lowest BCUT2D eigenvalue weighted by atomic mass is 9.85. The molecule has 0 radical (unpaired) electrons. The van der Waals surface area contributed by atoms with Gasteiger partial charge in [0.15, 0.2) is 0 Å². The van der Waals surface area contributed by atoms with Crippen molar-refractivity contribution in [3.8, 4) is 0 Å². The van der Waals surface area contributed by atoms with Crippen molar-refractivity contribution < 1.29 is 4.74 Å². The van der Waals surface area contributed by atoms with Crippen LogP contribution in [0.4, 0.5) is 5.82 Å². The summed E-state index contributed by atoms with van der Waals surface area (Å²) in [7, 11) is 3.43. The first-order chi connectivity index (χ1) is 13.8. The molecule has 2 rings (SSSR count). The minimum atomic E-state index is -0.283. The zero-order valence-electron chi connectivity index (χ0n) is 17.3. The summed E-state index contributed by atoms with van der Waals surface area (Å²) in [5, 5.41) is 13.6. The molecule has 2 aromatic heterocycles. The van der Waals surface area contributed by atoms with Crippen LogP contribution in [0.2, 0.25) is 0 Å². The Labute approximate surface area is 171 Å². The topological polar surface area (TPSA) is 135 Å². The van der Waals surface area contributed by atoms with Gasteiger partial charge in [0.1, 0.15) is 11.6 Å². The van der Waals surface area contributed by atoms with Gasteiger partial charge >= 0.3 is 0 Å². The molecular weight excluding hydrogens is 366 g/mol. The first-order valence-corrected chi connectivity index (χ1v) is 9.15. The van der Waals surface area contributed by atoms with Crippen LogP contribution < -0.4 is 22.1 Å². The summed E-state index contributed by atoms with van der Waals surface area (Å²) in [6, 6.07) is 5.56. The number of aromatic nitrogens is 2. The van der Waals surface area contributed by atoms with Gasteiger partial charge in [-0.25, -0.2) is 4.98 Å². The molecule has 7 N–H and O–H groups in total. The number of rotatable bonds is 9. The number of allylic oxidation sites excluding steroid dienone is 2. The summed E-state index contributed by atoms with van der Waals surface area (Å²) in [6.45, 7) is 4.57. The van der Waals surface area contributed by atoms with Crippen molar-refractivity contribution in [1.29, 1.82) is 5.41 Å². The molecule has 8 nitrogen and oxygen atoms in total. The second-order valence-electron chi connectivity index (χ2n) is 7.16. The number of hydrogen-bond donors (Lipinski definition) is 5. The third kappa shape index (κ3) is 5.55. The number of pyridine rings is 2. The smallest absolute Gasteiger partial charge is 0.132 e. The molecule has 29 heavy (non-hydrogen) atoms. The van der Waals surface area contributed by atoms with Gasteiger partial charge in [-0.2, -0.15) is 0 Å². The fourth-order valence-electron chi connectivity index (χ4n) is 2.86. The monoisotopic (exact) mass is 395 g/mol. The molecule has 0 unspecified atom stereocenters. The Morgan fingerprint density at radius 2 is 2.07 bits per heavy atom. The van der Waals surface area contributed by atoms with E-state index in [4.69, 9.17) is 21.6 Å². The third-order valence-corrected chi connectivity index (χ3v) is 4.38. The zero-order valence-corrected chi connectivity index (χ0v) is 17.3. The number of methoxy groups -OCH3 is 1. The first kappa shape index (κ1) is 21.9. The highest BCUT2D eigenvalue weighted by atomic mass is 16.5. The van der Waals surface area contributed by atoms with Gasteiger partial charge < -0.3 is 32.2 Å². The predicted octanol–water partition coefficient (Wildman–Crippen LogP) is 2.57. The number of fused-ring (bicyclic) bond motifs is 1. The van der Waals surface area contributed by atoms with Crippen LogP contribution in [0.3, 0.4) is 0 Å². The summed E-state index contributed by atoms with van der Waals surface area (Å²) in [5.74, 6) is 0.997. The quantitative estimate of drug-likeness (QED) is 0.325. The molecule has 0 atom stereocenters. The highest BCUT2D eigenvalue weighted by molar-refractivity contribution is 6.08. The van der Waals surface area contributed by atoms with Crippen LogP contribution in [0.25, 0.3) is 16.6 Å². The average Bonchev–Trinajstić information content (AvgIpc) is 2.69. The van der Waals surface area contributed by atoms with Gasteiger partial charge in [-0.05, 0) is 36.0 Å². The van der Waals surface area contributed by atoms with Crippen molar-refractivity contribution in [3.05, 3.63) is 59.8 Å². The van der Waals surface area contributed by atoms with Crippen molar-refractivity contribution in [1.82, 2.24) is 15.3 Å². The predicted molar refractivity (Wildman–Crippen MR) is 119 cm³/mol. The summed E-state index contributed by atoms with van der Waals surface area (Å²) in [5.41, 5.74) is 15.5. The Kier molecular flexibility index (Phi) is 7.33. The number of nitrogens with one attached hydrogen (secondary N) is 3. The summed E-state index contributed by atoms with van der Waals surface area (Å²) in [4.78, 5) is 9.01. The molecule has 0 aliphatic carbocycles. The van der Waals surface area contributed by atoms with Crippen LogP contribution in [0.1, 0.15) is 19.4 Å². The van der Waals surface area contributed by atoms with E-state index >= 15 is 0 Å². The molecule has 0 aliphatic heterocycles. The lowest BCUT2D eigenvalue weighted by Crippen LogP contribution is -2.23. The normalized spacial score (nSPS) is 13.4. The van der Waals surface area contributed by atoms with E-state index in [0.717, 1.165) is 16.7 Å². The summed E-state index contributed by atoms with van der Waals surface area (Å²) < 4.78 is 5.26. The highest BCUT2D eigenvalue weighted by Gasteiger charge is 2.22. The van der Waals surface area contributed by atoms with Crippen molar-refractivity contribution >= 4 is 28.6 Å². The van der Waals surface area contributed by atoms with E-state index in [-0.39, 0.29) is 5.41 Å². The molecule has 0 saturated heterocycles. The molecule has 0 bridgehead atoms. The van der Waals surface area contributed by atoms with Crippen molar-refractivity contribution in [2.75, 3.05) is 26.1 Å². The van der Waals surface area contributed by atoms with E-state index in [9.17, 15) is 0 Å². The van der Waals surface area contributed by atoms with Gasteiger partial charge in [-0.3, -0.25) is 4.98 Å². The van der Waals surface area contributed by atoms with Crippen LogP contribution >= 0.6 is 0 Å². The van der Waals surface area contributed by atoms with Gasteiger partial charge in [0, 0.05) is 49.3 Å². The minimum Gasteiger partial charge on any atom is -0.404 e. The largest absolute Gasteiger partial charge is 0.404 e. The number of nitrogens with two attached hydrogens (primary N) is 2. The molecular formula is C21H29N7O. The lowest BCUT2D eigenvalue weighted by molar-refractivity contribution is 0.128. The standard InChI is InChI=1S/C21H29N7O/c1-21(2,13-29-4)16(10-23)8-19(24)28-20-6-5-17-18(27-20)7-14(12-26-17)15(9-22)11-25-3/h5-12,22,25H,13,23-24H2,1-4H3,(H,27,28)/b15-11+,16-10+,19-8+,22-9?. The van der Waals surface area contributed by atoms with Crippen LogP contribution in [-0.4, -0.2) is 36.9 Å². The second-order valence-corrected chi connectivity index (χ2v) is 7.16. The lowest BCUT2D eigenvalue weighted by Gasteiger charge is -2.25. The Balaban J connectivity index is 2.31. The fraction of sp³-hybridized carbons (Fsp3) is 0.286. The van der Waals surface area contributed by atoms with Crippen molar-refractivity contribution in [2.45, 2.75) is 13.8 Å². The highest BCUT2D eigenvalue weighted by Crippen LogP contribution is 2.27. The third-order valence-electron chi connectivity index (χ3n) is 4.38. The van der Waals surface area contributed by atoms with E-state index < -0.39 is 0 Å². The molecule has 8 heteroatoms. The fourth-order valence-corrected chi connectivity index (χ4v) is 2.86. The number of anilines is 1. The molecule has 0 aliphatic rings. The second kappa shape index (κ2) is 9.70. The minimum absolute atomic E-state index is 0.283. The number of hydrogen-bond acceptors (Lipinski definition) is 8. The number of nitrogens with zero attached hydrogens (tertiary/aromatic N) is 2. The van der Waals surface area contributed by atoms with Crippen molar-refractivity contribution in [3.63, 3.8) is 0 Å². The SMILES string of the molecule is CN/C=C(\C=N)c1cnc2ccc(N/C(N)=C/C(=C\N)C(C)(C)COC)nc2c1. The van der Waals surface area contributed by atoms with Gasteiger partial charge in [0.2, 0.25) is 0 Å². The van der Waals surface area contributed by atoms with E-state index in [2.05, 4.69) is 20.6 Å². The first-order valence-electron chi connectivity index (χ1n) is 9.15. The maximum atomic E-state index is 7.56. The molecule has 2 heterocycles. The molecule has 0 spiro atoms. The zero-order chi connectivity index (χ0) is 21.4. The Morgan fingerprint density at radius 3 is 2.69 bits per heavy atom. The molecule has 154 valence electrons. The molecule has 0 fully saturated rings. The van der Waals surface area contributed by atoms with Gasteiger partial charge in [-0.15, -0.1) is 0 Å². The molecule has 2 aromatic rings.